The number of rotatable bonds is 5. The molecule has 22 heavy (non-hydrogen) atoms. The lowest BCUT2D eigenvalue weighted by atomic mass is 9.94. The van der Waals surface area contributed by atoms with Crippen molar-refractivity contribution in [1.82, 2.24) is 9.36 Å². The second-order valence-corrected chi connectivity index (χ2v) is 5.99. The van der Waals surface area contributed by atoms with Crippen LogP contribution < -0.4 is 10.6 Å². The van der Waals surface area contributed by atoms with Gasteiger partial charge in [-0.3, -0.25) is 4.79 Å². The van der Waals surface area contributed by atoms with Gasteiger partial charge in [0.25, 0.3) is 0 Å². The predicted octanol–water partition coefficient (Wildman–Crippen LogP) is 1.14. The highest BCUT2D eigenvalue weighted by Crippen LogP contribution is 2.29. The molecule has 1 aromatic heterocycles. The molecule has 1 atom stereocenters. The van der Waals surface area contributed by atoms with Crippen molar-refractivity contribution in [2.75, 3.05) is 18.6 Å². The molecule has 2 heterocycles. The number of nitrogens with two attached hydrogens (primary N) is 1. The summed E-state index contributed by atoms with van der Waals surface area (Å²) in [4.78, 5) is 18.3. The number of anilines is 1. The molecule has 0 unspecified atom stereocenters. The average Bonchev–Trinajstić information content (AvgIpc) is 3.00. The molecule has 3 rings (SSSR count). The maximum absolute atomic E-state index is 11.8. The number of aromatic nitrogens is 2. The van der Waals surface area contributed by atoms with Crippen molar-refractivity contribution in [1.29, 1.82) is 0 Å². The van der Waals surface area contributed by atoms with Gasteiger partial charge in [0, 0.05) is 38.0 Å². The summed E-state index contributed by atoms with van der Waals surface area (Å²) in [6.45, 7) is 1.21. The Bertz CT molecular complexity index is 673. The van der Waals surface area contributed by atoms with Gasteiger partial charge in [-0.2, -0.15) is 4.37 Å². The molecule has 1 amide bonds. The lowest BCUT2D eigenvalue weighted by molar-refractivity contribution is -0.119. The van der Waals surface area contributed by atoms with Crippen LogP contribution in [-0.4, -0.2) is 35.0 Å². The van der Waals surface area contributed by atoms with E-state index in [2.05, 4.69) is 15.4 Å². The predicted molar refractivity (Wildman–Crippen MR) is 84.8 cm³/mol. The van der Waals surface area contributed by atoms with Gasteiger partial charge in [-0.15, -0.1) is 0 Å². The van der Waals surface area contributed by atoms with Crippen molar-refractivity contribution in [3.63, 3.8) is 0 Å². The number of carbonyl (C=O) groups is 1. The summed E-state index contributed by atoms with van der Waals surface area (Å²) in [5.74, 6) is 0.409. The summed E-state index contributed by atoms with van der Waals surface area (Å²) in [7, 11) is 1.65. The van der Waals surface area contributed by atoms with Crippen molar-refractivity contribution in [2.24, 2.45) is 5.73 Å². The summed E-state index contributed by atoms with van der Waals surface area (Å²) in [6.07, 6.45) is 1.27. The highest BCUT2D eigenvalue weighted by Gasteiger charge is 2.32. The Morgan fingerprint density at radius 3 is 2.95 bits per heavy atom. The molecule has 6 nitrogen and oxygen atoms in total. The summed E-state index contributed by atoms with van der Waals surface area (Å²) < 4.78 is 9.38. The van der Waals surface area contributed by atoms with Crippen molar-refractivity contribution in [3.05, 3.63) is 41.2 Å². The van der Waals surface area contributed by atoms with Gasteiger partial charge in [0.1, 0.15) is 11.9 Å². The molecule has 0 radical (unpaired) electrons. The molecule has 2 aromatic rings. The minimum absolute atomic E-state index is 0.330. The third-order valence-electron chi connectivity index (χ3n) is 3.81. The quantitative estimate of drug-likeness (QED) is 0.894. The van der Waals surface area contributed by atoms with Crippen molar-refractivity contribution in [2.45, 2.75) is 25.4 Å². The van der Waals surface area contributed by atoms with Crippen LogP contribution in [0, 0.1) is 0 Å². The Morgan fingerprint density at radius 2 is 2.23 bits per heavy atom. The third-order valence-corrected chi connectivity index (χ3v) is 4.60. The molecule has 116 valence electrons. The number of hydrogen-bond donors (Lipinski definition) is 1. The molecule has 2 N–H and O–H groups in total. The normalized spacial score (nSPS) is 17.3. The molecule has 1 aliphatic rings. The highest BCUT2D eigenvalue weighted by atomic mass is 32.1. The number of amides is 1. The maximum atomic E-state index is 11.8. The van der Waals surface area contributed by atoms with Crippen LogP contribution >= 0.6 is 11.5 Å². The summed E-state index contributed by atoms with van der Waals surface area (Å²) in [6, 6.07) is 7.74. The number of benzene rings is 1. The van der Waals surface area contributed by atoms with Gasteiger partial charge in [-0.25, -0.2) is 4.98 Å². The zero-order chi connectivity index (χ0) is 15.5. The third kappa shape index (κ3) is 2.95. The van der Waals surface area contributed by atoms with Gasteiger partial charge in [0.05, 0.1) is 6.61 Å². The van der Waals surface area contributed by atoms with Gasteiger partial charge in [0.15, 0.2) is 0 Å². The van der Waals surface area contributed by atoms with E-state index in [1.165, 1.54) is 22.7 Å². The van der Waals surface area contributed by atoms with Gasteiger partial charge in [-0.05, 0) is 11.1 Å². The SMILES string of the molecule is COCCc1nsc(N2Cc3ccccc3C[C@H]2C(N)=O)n1. The molecule has 0 saturated heterocycles. The van der Waals surface area contributed by atoms with E-state index < -0.39 is 0 Å². The molecular weight excluding hydrogens is 300 g/mol. The van der Waals surface area contributed by atoms with E-state index in [0.717, 1.165) is 11.0 Å². The molecule has 0 spiro atoms. The van der Waals surface area contributed by atoms with Crippen LogP contribution in [0.25, 0.3) is 0 Å². The average molecular weight is 318 g/mol. The first-order valence-electron chi connectivity index (χ1n) is 7.13. The van der Waals surface area contributed by atoms with Gasteiger partial charge < -0.3 is 15.4 Å². The highest BCUT2D eigenvalue weighted by molar-refractivity contribution is 7.09. The lowest BCUT2D eigenvalue weighted by Gasteiger charge is -2.34. The molecule has 1 aliphatic heterocycles. The van der Waals surface area contributed by atoms with Crippen LogP contribution in [0.4, 0.5) is 5.13 Å². The molecule has 0 bridgehead atoms. The first-order valence-corrected chi connectivity index (χ1v) is 7.90. The fraction of sp³-hybridized carbons (Fsp3) is 0.400. The zero-order valence-electron chi connectivity index (χ0n) is 12.4. The van der Waals surface area contributed by atoms with Crippen LogP contribution in [0.2, 0.25) is 0 Å². The molecule has 0 aliphatic carbocycles. The fourth-order valence-corrected chi connectivity index (χ4v) is 3.40. The number of hydrogen-bond acceptors (Lipinski definition) is 6. The van der Waals surface area contributed by atoms with E-state index >= 15 is 0 Å². The fourth-order valence-electron chi connectivity index (χ4n) is 2.63. The van der Waals surface area contributed by atoms with Crippen LogP contribution in [-0.2, 0) is 28.9 Å². The van der Waals surface area contributed by atoms with E-state index in [-0.39, 0.29) is 11.9 Å². The Hall–Kier alpha value is -1.99. The number of fused-ring (bicyclic) bond motifs is 1. The molecule has 1 aromatic carbocycles. The van der Waals surface area contributed by atoms with Crippen molar-refractivity contribution in [3.8, 4) is 0 Å². The summed E-state index contributed by atoms with van der Waals surface area (Å²) in [5, 5.41) is 0.740. The first-order chi connectivity index (χ1) is 10.7. The standard InChI is InChI=1S/C15H18N4O2S/c1-21-7-6-13-17-15(22-18-13)19-9-11-5-3-2-4-10(11)8-12(19)14(16)20/h2-5,12H,6-9H2,1H3,(H2,16,20)/t12-/m0/s1. The zero-order valence-corrected chi connectivity index (χ0v) is 13.2. The number of ether oxygens (including phenoxy) is 1. The molecular formula is C15H18N4O2S. The van der Waals surface area contributed by atoms with E-state index in [0.29, 0.717) is 26.0 Å². The smallest absolute Gasteiger partial charge is 0.240 e. The van der Waals surface area contributed by atoms with E-state index in [1.54, 1.807) is 7.11 Å². The minimum Gasteiger partial charge on any atom is -0.384 e. The Morgan fingerprint density at radius 1 is 1.45 bits per heavy atom. The van der Waals surface area contributed by atoms with E-state index in [1.807, 2.05) is 23.1 Å². The lowest BCUT2D eigenvalue weighted by Crippen LogP contribution is -2.48. The molecule has 7 heteroatoms. The summed E-state index contributed by atoms with van der Waals surface area (Å²) in [5.41, 5.74) is 7.97. The van der Waals surface area contributed by atoms with Crippen LogP contribution in [0.5, 0.6) is 0 Å². The number of nitrogens with zero attached hydrogens (tertiary/aromatic N) is 3. The minimum atomic E-state index is -0.377. The number of primary amides is 1. The number of carbonyl (C=O) groups excluding carboxylic acids is 1. The first kappa shape index (κ1) is 14.9. The Kier molecular flexibility index (Phi) is 4.35. The van der Waals surface area contributed by atoms with Crippen molar-refractivity contribution >= 4 is 22.6 Å². The monoisotopic (exact) mass is 318 g/mol. The van der Waals surface area contributed by atoms with E-state index in [4.69, 9.17) is 10.5 Å². The summed E-state index contributed by atoms with van der Waals surface area (Å²) >= 11 is 1.30. The van der Waals surface area contributed by atoms with Crippen LogP contribution in [0.1, 0.15) is 17.0 Å². The largest absolute Gasteiger partial charge is 0.384 e. The molecule has 0 fully saturated rings. The van der Waals surface area contributed by atoms with Gasteiger partial charge in [-0.1, -0.05) is 24.3 Å². The Balaban J connectivity index is 1.87. The van der Waals surface area contributed by atoms with Crippen molar-refractivity contribution < 1.29 is 9.53 Å². The van der Waals surface area contributed by atoms with Crippen LogP contribution in [0.15, 0.2) is 24.3 Å². The van der Waals surface area contributed by atoms with E-state index in [9.17, 15) is 4.79 Å². The van der Waals surface area contributed by atoms with Gasteiger partial charge >= 0.3 is 0 Å². The second-order valence-electron chi connectivity index (χ2n) is 5.25. The Labute approximate surface area is 133 Å². The topological polar surface area (TPSA) is 81.3 Å². The number of methoxy groups -OCH3 is 1. The second kappa shape index (κ2) is 6.41. The maximum Gasteiger partial charge on any atom is 0.240 e. The molecule has 0 saturated carbocycles. The van der Waals surface area contributed by atoms with Crippen LogP contribution in [0.3, 0.4) is 0 Å². The van der Waals surface area contributed by atoms with Gasteiger partial charge in [0.2, 0.25) is 11.0 Å².